The molecule has 0 bridgehead atoms. The van der Waals surface area contributed by atoms with Crippen molar-refractivity contribution in [2.75, 3.05) is 65.6 Å². The van der Waals surface area contributed by atoms with Gasteiger partial charge in [-0.3, -0.25) is 9.69 Å². The predicted molar refractivity (Wildman–Crippen MR) is 141 cm³/mol. The van der Waals surface area contributed by atoms with Crippen LogP contribution in [0.5, 0.6) is 0 Å². The van der Waals surface area contributed by atoms with Crippen molar-refractivity contribution in [3.8, 4) is 0 Å². The highest BCUT2D eigenvalue weighted by atomic mass is 16.5. The number of benzene rings is 3. The second-order valence-electron chi connectivity index (χ2n) is 10.1. The fourth-order valence-corrected chi connectivity index (χ4v) is 6.07. The molecule has 0 saturated carbocycles. The van der Waals surface area contributed by atoms with Gasteiger partial charge in [-0.25, -0.2) is 4.79 Å². The van der Waals surface area contributed by atoms with E-state index in [2.05, 4.69) is 35.2 Å². The minimum Gasteiger partial charge on any atom is -0.378 e. The number of likely N-dealkylation sites (tertiary alicyclic amines) is 1. The van der Waals surface area contributed by atoms with Crippen molar-refractivity contribution in [1.29, 1.82) is 0 Å². The highest BCUT2D eigenvalue weighted by molar-refractivity contribution is 6.18. The molecule has 0 aliphatic carbocycles. The number of rotatable bonds is 2. The fraction of sp³-hybridized carbons (Fsp3) is 0.448. The van der Waals surface area contributed by atoms with Crippen molar-refractivity contribution in [3.05, 3.63) is 60.2 Å². The van der Waals surface area contributed by atoms with E-state index in [1.165, 1.54) is 0 Å². The molecule has 3 aromatic rings. The van der Waals surface area contributed by atoms with Crippen LogP contribution >= 0.6 is 0 Å². The minimum atomic E-state index is 0.133. The van der Waals surface area contributed by atoms with E-state index >= 15 is 0 Å². The van der Waals surface area contributed by atoms with Gasteiger partial charge in [0.2, 0.25) is 0 Å². The minimum absolute atomic E-state index is 0.133. The molecule has 36 heavy (non-hydrogen) atoms. The maximum Gasteiger partial charge on any atom is 0.320 e. The number of piperidine rings is 1. The van der Waals surface area contributed by atoms with Crippen LogP contribution in [0.25, 0.3) is 21.5 Å². The van der Waals surface area contributed by atoms with Gasteiger partial charge >= 0.3 is 6.03 Å². The van der Waals surface area contributed by atoms with E-state index in [9.17, 15) is 9.59 Å². The van der Waals surface area contributed by atoms with Crippen molar-refractivity contribution >= 4 is 33.5 Å². The maximum atomic E-state index is 13.8. The molecule has 188 valence electrons. The molecule has 6 rings (SSSR count). The van der Waals surface area contributed by atoms with Gasteiger partial charge < -0.3 is 19.4 Å². The first-order valence-electron chi connectivity index (χ1n) is 13.2. The first-order valence-corrected chi connectivity index (χ1v) is 13.2. The van der Waals surface area contributed by atoms with Crippen molar-refractivity contribution in [1.82, 2.24) is 19.6 Å². The molecule has 3 aromatic carbocycles. The Labute approximate surface area is 212 Å². The van der Waals surface area contributed by atoms with Gasteiger partial charge in [-0.15, -0.1) is 0 Å². The highest BCUT2D eigenvalue weighted by Crippen LogP contribution is 2.30. The number of hydrogen-bond donors (Lipinski definition) is 0. The van der Waals surface area contributed by atoms with E-state index in [1.54, 1.807) is 0 Å². The molecule has 0 spiro atoms. The Morgan fingerprint density at radius 2 is 1.22 bits per heavy atom. The molecule has 0 radical (unpaired) electrons. The Hall–Kier alpha value is -3.16. The molecule has 0 aromatic heterocycles. The van der Waals surface area contributed by atoms with E-state index in [0.29, 0.717) is 32.3 Å². The largest absolute Gasteiger partial charge is 0.378 e. The first kappa shape index (κ1) is 23.3. The van der Waals surface area contributed by atoms with Crippen LogP contribution in [-0.4, -0.2) is 103 Å². The van der Waals surface area contributed by atoms with E-state index in [4.69, 9.17) is 4.74 Å². The van der Waals surface area contributed by atoms with Gasteiger partial charge in [0.1, 0.15) is 0 Å². The Balaban J connectivity index is 1.10. The molecule has 7 heteroatoms. The monoisotopic (exact) mass is 486 g/mol. The van der Waals surface area contributed by atoms with E-state index < -0.39 is 0 Å². The number of amides is 3. The normalized spacial score (nSPS) is 20.3. The standard InChI is InChI=1S/C29H34N4O3/c34-28(27-25-7-3-1-5-22(25)21-23-6-2-4-8-26(23)27)31-15-13-30(14-16-31)24-9-11-32(12-10-24)29(35)33-17-19-36-20-18-33/h1-8,21,24H,9-20H2. The number of hydrogen-bond acceptors (Lipinski definition) is 4. The summed E-state index contributed by atoms with van der Waals surface area (Å²) in [5.74, 6) is 0.133. The first-order chi connectivity index (χ1) is 17.7. The summed E-state index contributed by atoms with van der Waals surface area (Å²) in [5.41, 5.74) is 0.826. The van der Waals surface area contributed by atoms with Crippen LogP contribution in [0.4, 0.5) is 4.79 Å². The van der Waals surface area contributed by atoms with Crippen molar-refractivity contribution in [2.24, 2.45) is 0 Å². The zero-order valence-corrected chi connectivity index (χ0v) is 20.8. The van der Waals surface area contributed by atoms with Crippen LogP contribution in [0.15, 0.2) is 54.6 Å². The fourth-order valence-electron chi connectivity index (χ4n) is 6.07. The van der Waals surface area contributed by atoms with Crippen LogP contribution < -0.4 is 0 Å². The van der Waals surface area contributed by atoms with Crippen molar-refractivity contribution in [2.45, 2.75) is 18.9 Å². The third-order valence-electron chi connectivity index (χ3n) is 8.12. The Morgan fingerprint density at radius 3 is 1.83 bits per heavy atom. The summed E-state index contributed by atoms with van der Waals surface area (Å²) in [6, 6.07) is 19.2. The molecule has 0 unspecified atom stereocenters. The van der Waals surface area contributed by atoms with Crippen LogP contribution in [0.2, 0.25) is 0 Å². The molecule has 7 nitrogen and oxygen atoms in total. The van der Waals surface area contributed by atoms with Gasteiger partial charge in [-0.1, -0.05) is 48.5 Å². The molecular weight excluding hydrogens is 452 g/mol. The molecule has 3 aliphatic heterocycles. The lowest BCUT2D eigenvalue weighted by Crippen LogP contribution is -2.56. The number of fused-ring (bicyclic) bond motifs is 2. The van der Waals surface area contributed by atoms with Crippen molar-refractivity contribution in [3.63, 3.8) is 0 Å². The van der Waals surface area contributed by atoms with Crippen LogP contribution in [0.1, 0.15) is 23.2 Å². The number of carbonyl (C=O) groups excluding carboxylic acids is 2. The number of piperazine rings is 1. The van der Waals surface area contributed by atoms with Crippen LogP contribution in [0.3, 0.4) is 0 Å². The Morgan fingerprint density at radius 1 is 0.667 bits per heavy atom. The van der Waals surface area contributed by atoms with E-state index in [-0.39, 0.29) is 11.9 Å². The van der Waals surface area contributed by atoms with Gasteiger partial charge in [0.15, 0.2) is 0 Å². The average molecular weight is 487 g/mol. The SMILES string of the molecule is O=C(c1c2ccccc2cc2ccccc12)N1CCN(C2CCN(C(=O)N3CCOCC3)CC2)CC1. The smallest absolute Gasteiger partial charge is 0.320 e. The van der Waals surface area contributed by atoms with Gasteiger partial charge in [-0.05, 0) is 40.5 Å². The number of ether oxygens (including phenoxy) is 1. The second-order valence-corrected chi connectivity index (χ2v) is 10.1. The zero-order valence-electron chi connectivity index (χ0n) is 20.8. The van der Waals surface area contributed by atoms with Gasteiger partial charge in [0.25, 0.3) is 5.91 Å². The molecule has 0 atom stereocenters. The predicted octanol–water partition coefficient (Wildman–Crippen LogP) is 3.67. The van der Waals surface area contributed by atoms with Gasteiger partial charge in [0.05, 0.1) is 18.8 Å². The number of carbonyl (C=O) groups is 2. The molecule has 3 aliphatic rings. The number of nitrogens with zero attached hydrogens (tertiary/aromatic N) is 4. The third kappa shape index (κ3) is 4.42. The maximum absolute atomic E-state index is 13.8. The summed E-state index contributed by atoms with van der Waals surface area (Å²) in [5, 5.41) is 4.27. The Bertz CT molecular complexity index is 1200. The van der Waals surface area contributed by atoms with E-state index in [1.807, 2.05) is 39.0 Å². The summed E-state index contributed by atoms with van der Waals surface area (Å²) in [6.45, 7) is 7.53. The lowest BCUT2D eigenvalue weighted by molar-refractivity contribution is 0.0313. The van der Waals surface area contributed by atoms with Gasteiger partial charge in [-0.2, -0.15) is 0 Å². The third-order valence-corrected chi connectivity index (χ3v) is 8.12. The topological polar surface area (TPSA) is 56.3 Å². The molecule has 3 fully saturated rings. The molecular formula is C29H34N4O3. The quantitative estimate of drug-likeness (QED) is 0.519. The summed E-state index contributed by atoms with van der Waals surface area (Å²) >= 11 is 0. The number of morpholine rings is 1. The molecule has 0 N–H and O–H groups in total. The zero-order chi connectivity index (χ0) is 24.5. The second kappa shape index (κ2) is 10.1. The lowest BCUT2D eigenvalue weighted by Gasteiger charge is -2.43. The van der Waals surface area contributed by atoms with Crippen LogP contribution in [0, 0.1) is 0 Å². The highest BCUT2D eigenvalue weighted by Gasteiger charge is 2.32. The molecule has 3 amide bonds. The molecule has 3 heterocycles. The Kier molecular flexibility index (Phi) is 6.50. The van der Waals surface area contributed by atoms with Crippen LogP contribution in [-0.2, 0) is 4.74 Å². The summed E-state index contributed by atoms with van der Waals surface area (Å²) in [7, 11) is 0. The molecule has 3 saturated heterocycles. The lowest BCUT2D eigenvalue weighted by atomic mass is 9.95. The summed E-state index contributed by atoms with van der Waals surface area (Å²) < 4.78 is 5.38. The van der Waals surface area contributed by atoms with E-state index in [0.717, 1.165) is 79.2 Å². The summed E-state index contributed by atoms with van der Waals surface area (Å²) in [4.78, 5) is 35.1. The van der Waals surface area contributed by atoms with Gasteiger partial charge in [0, 0.05) is 58.4 Å². The van der Waals surface area contributed by atoms with Crippen molar-refractivity contribution < 1.29 is 14.3 Å². The average Bonchev–Trinajstić information content (AvgIpc) is 2.96. The summed E-state index contributed by atoms with van der Waals surface area (Å²) in [6.07, 6.45) is 2.00. The number of urea groups is 1.